The van der Waals surface area contributed by atoms with Crippen LogP contribution >= 0.6 is 0 Å². The maximum atomic E-state index is 12.2. The Morgan fingerprint density at radius 3 is 2.64 bits per heavy atom. The second-order valence-corrected chi connectivity index (χ2v) is 6.73. The number of aryl methyl sites for hydroxylation is 1. The van der Waals surface area contributed by atoms with Crippen LogP contribution in [-0.4, -0.2) is 34.1 Å². The summed E-state index contributed by atoms with van der Waals surface area (Å²) >= 11 is 0. The molecule has 144 valence electrons. The first-order chi connectivity index (χ1) is 13.7. The Labute approximate surface area is 162 Å². The summed E-state index contributed by atoms with van der Waals surface area (Å²) in [4.78, 5) is 28.8. The number of carbonyl (C=O) groups excluding carboxylic acids is 2. The topological polar surface area (TPSA) is 85.3 Å². The summed E-state index contributed by atoms with van der Waals surface area (Å²) in [6.07, 6.45) is 1.74. The van der Waals surface area contributed by atoms with Gasteiger partial charge < -0.3 is 4.74 Å². The van der Waals surface area contributed by atoms with E-state index in [1.165, 1.54) is 0 Å². The van der Waals surface area contributed by atoms with Crippen LogP contribution in [0.3, 0.4) is 0 Å². The lowest BCUT2D eigenvalue weighted by atomic mass is 10.2. The second kappa shape index (κ2) is 8.22. The Kier molecular flexibility index (Phi) is 5.34. The van der Waals surface area contributed by atoms with Crippen molar-refractivity contribution < 1.29 is 14.3 Å². The van der Waals surface area contributed by atoms with Crippen LogP contribution in [0.4, 0.5) is 0 Å². The Hall–Kier alpha value is -3.19. The third-order valence-corrected chi connectivity index (χ3v) is 4.77. The number of hydrogen-bond acceptors (Lipinski definition) is 4. The molecule has 1 saturated heterocycles. The van der Waals surface area contributed by atoms with Crippen LogP contribution in [0.15, 0.2) is 54.6 Å². The molecule has 7 nitrogen and oxygen atoms in total. The molecule has 2 N–H and O–H groups in total. The third-order valence-electron chi connectivity index (χ3n) is 4.77. The fraction of sp³-hybridized carbons (Fsp3) is 0.286. The molecule has 2 heterocycles. The van der Waals surface area contributed by atoms with Crippen molar-refractivity contribution in [2.75, 3.05) is 6.61 Å². The predicted molar refractivity (Wildman–Crippen MR) is 105 cm³/mol. The van der Waals surface area contributed by atoms with Gasteiger partial charge in [-0.2, -0.15) is 0 Å². The normalized spacial score (nSPS) is 16.2. The van der Waals surface area contributed by atoms with Gasteiger partial charge in [-0.25, -0.2) is 4.98 Å². The number of amides is 2. The number of para-hydroxylation sites is 3. The quantitative estimate of drug-likeness (QED) is 0.667. The number of hydrazine groups is 1. The minimum atomic E-state index is -0.470. The maximum Gasteiger partial charge on any atom is 0.267 e. The molecule has 28 heavy (non-hydrogen) atoms. The molecule has 0 saturated carbocycles. The summed E-state index contributed by atoms with van der Waals surface area (Å²) in [6.45, 7) is 0.585. The summed E-state index contributed by atoms with van der Waals surface area (Å²) in [5.41, 5.74) is 7.79. The highest BCUT2D eigenvalue weighted by Crippen LogP contribution is 2.22. The zero-order valence-corrected chi connectivity index (χ0v) is 15.4. The van der Waals surface area contributed by atoms with Crippen molar-refractivity contribution in [3.05, 3.63) is 60.4 Å². The van der Waals surface area contributed by atoms with E-state index in [1.54, 1.807) is 0 Å². The fourth-order valence-corrected chi connectivity index (χ4v) is 3.39. The lowest BCUT2D eigenvalue weighted by Crippen LogP contribution is -2.46. The van der Waals surface area contributed by atoms with Gasteiger partial charge in [0.1, 0.15) is 11.9 Å². The Balaban J connectivity index is 1.44. The lowest BCUT2D eigenvalue weighted by Gasteiger charge is -2.12. The van der Waals surface area contributed by atoms with Crippen molar-refractivity contribution >= 4 is 22.8 Å². The minimum absolute atomic E-state index is 0.210. The molecule has 0 spiro atoms. The van der Waals surface area contributed by atoms with E-state index in [0.717, 1.165) is 29.0 Å². The molecule has 1 aliphatic heterocycles. The van der Waals surface area contributed by atoms with Gasteiger partial charge in [-0.3, -0.25) is 25.0 Å². The first-order valence-electron chi connectivity index (χ1n) is 9.44. The number of nitrogens with one attached hydrogen (secondary N) is 2. The van der Waals surface area contributed by atoms with Gasteiger partial charge in [-0.15, -0.1) is 0 Å². The molecule has 0 radical (unpaired) electrons. The molecule has 0 aliphatic carbocycles. The number of rotatable bonds is 5. The zero-order chi connectivity index (χ0) is 19.3. The number of ether oxygens (including phenoxy) is 1. The molecule has 2 aromatic carbocycles. The van der Waals surface area contributed by atoms with E-state index in [2.05, 4.69) is 15.4 Å². The predicted octanol–water partition coefficient (Wildman–Crippen LogP) is 2.28. The van der Waals surface area contributed by atoms with Crippen molar-refractivity contribution in [1.82, 2.24) is 20.4 Å². The fourth-order valence-electron chi connectivity index (χ4n) is 3.39. The monoisotopic (exact) mass is 378 g/mol. The smallest absolute Gasteiger partial charge is 0.267 e. The van der Waals surface area contributed by atoms with Crippen LogP contribution in [-0.2, 0) is 20.7 Å². The van der Waals surface area contributed by atoms with E-state index < -0.39 is 6.10 Å². The summed E-state index contributed by atoms with van der Waals surface area (Å²) < 4.78 is 7.36. The van der Waals surface area contributed by atoms with Crippen molar-refractivity contribution in [1.29, 1.82) is 0 Å². The third kappa shape index (κ3) is 3.89. The van der Waals surface area contributed by atoms with Gasteiger partial charge in [0.15, 0.2) is 0 Å². The molecule has 1 atom stereocenters. The van der Waals surface area contributed by atoms with Crippen LogP contribution in [0.2, 0.25) is 0 Å². The number of carbonyl (C=O) groups is 2. The molecule has 4 rings (SSSR count). The number of nitrogens with zero attached hydrogens (tertiary/aromatic N) is 2. The van der Waals surface area contributed by atoms with Crippen LogP contribution in [0.5, 0.6) is 0 Å². The Bertz CT molecular complexity index is 978. The van der Waals surface area contributed by atoms with Gasteiger partial charge >= 0.3 is 0 Å². The van der Waals surface area contributed by atoms with E-state index in [9.17, 15) is 9.59 Å². The average molecular weight is 378 g/mol. The van der Waals surface area contributed by atoms with Gasteiger partial charge in [0.05, 0.1) is 11.0 Å². The summed E-state index contributed by atoms with van der Waals surface area (Å²) in [6, 6.07) is 17.8. The van der Waals surface area contributed by atoms with E-state index in [1.807, 2.05) is 54.6 Å². The number of hydrogen-bond donors (Lipinski definition) is 2. The molecular formula is C21H22N4O3. The van der Waals surface area contributed by atoms with Crippen LogP contribution in [0, 0.1) is 0 Å². The van der Waals surface area contributed by atoms with Crippen molar-refractivity contribution in [3.63, 3.8) is 0 Å². The second-order valence-electron chi connectivity index (χ2n) is 6.73. The first kappa shape index (κ1) is 18.2. The van der Waals surface area contributed by atoms with Gasteiger partial charge in [0.2, 0.25) is 5.91 Å². The highest BCUT2D eigenvalue weighted by molar-refractivity contribution is 5.85. The maximum absolute atomic E-state index is 12.2. The largest absolute Gasteiger partial charge is 0.368 e. The van der Waals surface area contributed by atoms with Gasteiger partial charge in [-0.05, 0) is 37.1 Å². The average Bonchev–Trinajstić information content (AvgIpc) is 3.39. The highest BCUT2D eigenvalue weighted by atomic mass is 16.5. The van der Waals surface area contributed by atoms with Crippen LogP contribution in [0.1, 0.15) is 25.1 Å². The molecule has 3 aromatic rings. The molecule has 1 unspecified atom stereocenters. The number of fused-ring (bicyclic) bond motifs is 1. The molecule has 1 aromatic heterocycles. The van der Waals surface area contributed by atoms with Crippen LogP contribution < -0.4 is 10.9 Å². The molecular weight excluding hydrogens is 356 g/mol. The summed E-state index contributed by atoms with van der Waals surface area (Å²) in [5, 5.41) is 0. The van der Waals surface area contributed by atoms with E-state index in [-0.39, 0.29) is 18.2 Å². The van der Waals surface area contributed by atoms with E-state index in [4.69, 9.17) is 9.72 Å². The van der Waals surface area contributed by atoms with Crippen molar-refractivity contribution in [2.45, 2.75) is 31.8 Å². The Morgan fingerprint density at radius 1 is 1.07 bits per heavy atom. The molecule has 2 amide bonds. The minimum Gasteiger partial charge on any atom is -0.368 e. The van der Waals surface area contributed by atoms with Gasteiger partial charge in [0.25, 0.3) is 5.91 Å². The lowest BCUT2D eigenvalue weighted by molar-refractivity contribution is -0.134. The van der Waals surface area contributed by atoms with Crippen molar-refractivity contribution in [2.24, 2.45) is 0 Å². The number of aromatic nitrogens is 2. The summed E-state index contributed by atoms with van der Waals surface area (Å²) in [7, 11) is 0. The van der Waals surface area contributed by atoms with E-state index in [0.29, 0.717) is 19.4 Å². The Morgan fingerprint density at radius 2 is 1.86 bits per heavy atom. The molecule has 1 aliphatic rings. The standard InChI is InChI=1S/C21H22N4O3/c26-20(23-24-21(27)18-11-6-14-28-18)13-12-19-22-16-9-4-5-10-17(16)25(19)15-7-2-1-3-8-15/h1-5,7-10,18H,6,11-14H2,(H,23,26)(H,24,27). The first-order valence-corrected chi connectivity index (χ1v) is 9.44. The van der Waals surface area contributed by atoms with Gasteiger partial charge in [-0.1, -0.05) is 30.3 Å². The number of benzene rings is 2. The van der Waals surface area contributed by atoms with Crippen molar-refractivity contribution in [3.8, 4) is 5.69 Å². The molecule has 1 fully saturated rings. The van der Waals surface area contributed by atoms with Crippen LogP contribution in [0.25, 0.3) is 16.7 Å². The summed E-state index contributed by atoms with van der Waals surface area (Å²) in [5.74, 6) is 0.230. The highest BCUT2D eigenvalue weighted by Gasteiger charge is 2.23. The van der Waals surface area contributed by atoms with E-state index >= 15 is 0 Å². The number of imidazole rings is 1. The molecule has 0 bridgehead atoms. The zero-order valence-electron chi connectivity index (χ0n) is 15.4. The molecule has 7 heteroatoms. The SMILES string of the molecule is O=C(CCc1nc2ccccc2n1-c1ccccc1)NNC(=O)C1CCCO1. The van der Waals surface area contributed by atoms with Gasteiger partial charge in [0, 0.05) is 25.1 Å².